The quantitative estimate of drug-likeness (QED) is 0.422. The van der Waals surface area contributed by atoms with Gasteiger partial charge in [0.1, 0.15) is 24.4 Å². The van der Waals surface area contributed by atoms with Gasteiger partial charge < -0.3 is 39.7 Å². The SMILES string of the molecule is COc1c(O)cc2c(c1O)[C@@H]1O[C@@H](CO)[C@@H](O)[C@H](O)[C@@H]1OC2=O. The fourth-order valence-corrected chi connectivity index (χ4v) is 2.95. The van der Waals surface area contributed by atoms with Crippen molar-refractivity contribution < 1.29 is 44.5 Å². The van der Waals surface area contributed by atoms with Crippen molar-refractivity contribution in [2.75, 3.05) is 13.7 Å². The Morgan fingerprint density at radius 2 is 1.96 bits per heavy atom. The zero-order valence-electron chi connectivity index (χ0n) is 12.0. The third kappa shape index (κ3) is 2.20. The van der Waals surface area contributed by atoms with Gasteiger partial charge in [0, 0.05) is 5.56 Å². The van der Waals surface area contributed by atoms with Crippen LogP contribution in [0.3, 0.4) is 0 Å². The number of aliphatic hydroxyl groups excluding tert-OH is 3. The average Bonchev–Trinajstić information content (AvgIpc) is 2.52. The number of esters is 1. The summed E-state index contributed by atoms with van der Waals surface area (Å²) in [6, 6.07) is 1.06. The van der Waals surface area contributed by atoms with E-state index < -0.39 is 54.6 Å². The van der Waals surface area contributed by atoms with Crippen LogP contribution in [-0.4, -0.2) is 69.6 Å². The summed E-state index contributed by atoms with van der Waals surface area (Å²) in [5.74, 6) is -2.16. The van der Waals surface area contributed by atoms with Gasteiger partial charge in [0.05, 0.1) is 19.3 Å². The summed E-state index contributed by atoms with van der Waals surface area (Å²) in [7, 11) is 1.22. The van der Waals surface area contributed by atoms with Crippen LogP contribution in [0.1, 0.15) is 22.0 Å². The zero-order chi connectivity index (χ0) is 16.9. The molecule has 5 N–H and O–H groups in total. The first-order valence-electron chi connectivity index (χ1n) is 6.87. The highest BCUT2D eigenvalue weighted by Crippen LogP contribution is 2.49. The molecular weight excluding hydrogens is 312 g/mol. The van der Waals surface area contributed by atoms with E-state index >= 15 is 0 Å². The standard InChI is InChI=1S/C14H16O9/c1-21-11-5(16)2-4-7(9(11)18)12-13(23-14(4)20)10(19)8(17)6(3-15)22-12/h2,6,8,10,12-13,15-19H,3H2,1H3/t6-,8+,10-,12-,13-/m0/s1. The van der Waals surface area contributed by atoms with E-state index in [0.717, 1.165) is 6.07 Å². The highest BCUT2D eigenvalue weighted by molar-refractivity contribution is 5.95. The lowest BCUT2D eigenvalue weighted by Gasteiger charge is -2.44. The molecule has 0 radical (unpaired) electrons. The van der Waals surface area contributed by atoms with Crippen molar-refractivity contribution in [1.29, 1.82) is 0 Å². The molecule has 0 saturated carbocycles. The lowest BCUT2D eigenvalue weighted by atomic mass is 9.86. The molecule has 9 heteroatoms. The van der Waals surface area contributed by atoms with Gasteiger partial charge in [0.25, 0.3) is 0 Å². The van der Waals surface area contributed by atoms with E-state index in [0.29, 0.717) is 0 Å². The smallest absolute Gasteiger partial charge is 0.339 e. The number of carbonyl (C=O) groups is 1. The summed E-state index contributed by atoms with van der Waals surface area (Å²) in [6.07, 6.45) is -6.50. The molecule has 1 aromatic rings. The Labute approximate surface area is 130 Å². The van der Waals surface area contributed by atoms with E-state index in [9.17, 15) is 30.3 Å². The maximum absolute atomic E-state index is 12.1. The highest BCUT2D eigenvalue weighted by Gasteiger charge is 2.52. The Bertz CT molecular complexity index is 644. The number of benzene rings is 1. The van der Waals surface area contributed by atoms with Crippen LogP contribution in [0.5, 0.6) is 17.2 Å². The normalized spacial score (nSPS) is 32.7. The van der Waals surface area contributed by atoms with Gasteiger partial charge in [-0.05, 0) is 6.07 Å². The Morgan fingerprint density at radius 1 is 1.26 bits per heavy atom. The molecule has 1 fully saturated rings. The van der Waals surface area contributed by atoms with Gasteiger partial charge in [0.15, 0.2) is 17.6 Å². The molecule has 5 atom stereocenters. The fourth-order valence-electron chi connectivity index (χ4n) is 2.95. The van der Waals surface area contributed by atoms with Gasteiger partial charge in [0.2, 0.25) is 5.75 Å². The lowest BCUT2D eigenvalue weighted by Crippen LogP contribution is -2.58. The number of hydrogen-bond donors (Lipinski definition) is 5. The third-order valence-corrected chi connectivity index (χ3v) is 4.09. The molecule has 0 amide bonds. The summed E-state index contributed by atoms with van der Waals surface area (Å²) < 4.78 is 15.4. The van der Waals surface area contributed by atoms with Crippen molar-refractivity contribution in [3.05, 3.63) is 17.2 Å². The van der Waals surface area contributed by atoms with Gasteiger partial charge in [-0.25, -0.2) is 4.79 Å². The predicted molar refractivity (Wildman–Crippen MR) is 72.2 cm³/mol. The number of carbonyl (C=O) groups excluding carboxylic acids is 1. The maximum atomic E-state index is 12.1. The average molecular weight is 328 g/mol. The minimum Gasteiger partial charge on any atom is -0.504 e. The predicted octanol–water partition coefficient (Wildman–Crippen LogP) is -1.20. The molecule has 126 valence electrons. The van der Waals surface area contributed by atoms with Crippen LogP contribution in [0.4, 0.5) is 0 Å². The van der Waals surface area contributed by atoms with Crippen LogP contribution in [0.15, 0.2) is 6.07 Å². The molecule has 1 aromatic carbocycles. The first-order chi connectivity index (χ1) is 10.9. The molecule has 0 aliphatic carbocycles. The van der Waals surface area contributed by atoms with Gasteiger partial charge in [-0.15, -0.1) is 0 Å². The number of fused-ring (bicyclic) bond motifs is 3. The minimum absolute atomic E-state index is 0.0368. The number of aromatic hydroxyl groups is 2. The number of methoxy groups -OCH3 is 1. The first kappa shape index (κ1) is 15.8. The molecular formula is C14H16O9. The van der Waals surface area contributed by atoms with Gasteiger partial charge in [-0.1, -0.05) is 0 Å². The highest BCUT2D eigenvalue weighted by atomic mass is 16.6. The van der Waals surface area contributed by atoms with E-state index in [-0.39, 0.29) is 16.9 Å². The molecule has 9 nitrogen and oxygen atoms in total. The number of hydrogen-bond acceptors (Lipinski definition) is 9. The van der Waals surface area contributed by atoms with Crippen molar-refractivity contribution in [3.63, 3.8) is 0 Å². The van der Waals surface area contributed by atoms with Gasteiger partial charge >= 0.3 is 5.97 Å². The third-order valence-electron chi connectivity index (χ3n) is 4.09. The Balaban J connectivity index is 2.16. The van der Waals surface area contributed by atoms with Crippen LogP contribution < -0.4 is 4.74 Å². The second-order valence-corrected chi connectivity index (χ2v) is 5.37. The molecule has 2 aliphatic rings. The van der Waals surface area contributed by atoms with Crippen molar-refractivity contribution in [2.45, 2.75) is 30.5 Å². The largest absolute Gasteiger partial charge is 0.504 e. The molecule has 0 unspecified atom stereocenters. The number of ether oxygens (including phenoxy) is 3. The topological polar surface area (TPSA) is 146 Å². The second kappa shape index (κ2) is 5.53. The summed E-state index contributed by atoms with van der Waals surface area (Å²) in [5.41, 5.74) is -0.187. The summed E-state index contributed by atoms with van der Waals surface area (Å²) in [6.45, 7) is -0.583. The number of phenols is 2. The monoisotopic (exact) mass is 328 g/mol. The van der Waals surface area contributed by atoms with Crippen molar-refractivity contribution in [3.8, 4) is 17.2 Å². The van der Waals surface area contributed by atoms with Crippen LogP contribution in [0.2, 0.25) is 0 Å². The molecule has 0 aromatic heterocycles. The van der Waals surface area contributed by atoms with E-state index in [1.807, 2.05) is 0 Å². The molecule has 3 rings (SSSR count). The van der Waals surface area contributed by atoms with Crippen molar-refractivity contribution in [1.82, 2.24) is 0 Å². The Morgan fingerprint density at radius 3 is 2.57 bits per heavy atom. The summed E-state index contributed by atoms with van der Waals surface area (Å²) in [5, 5.41) is 49.3. The second-order valence-electron chi connectivity index (χ2n) is 5.37. The fraction of sp³-hybridized carbons (Fsp3) is 0.500. The molecule has 2 heterocycles. The minimum atomic E-state index is -1.51. The van der Waals surface area contributed by atoms with E-state index in [2.05, 4.69) is 0 Å². The Kier molecular flexibility index (Phi) is 3.80. The van der Waals surface area contributed by atoms with E-state index in [1.54, 1.807) is 0 Å². The van der Waals surface area contributed by atoms with Crippen LogP contribution >= 0.6 is 0 Å². The summed E-state index contributed by atoms with van der Waals surface area (Å²) in [4.78, 5) is 12.1. The summed E-state index contributed by atoms with van der Waals surface area (Å²) >= 11 is 0. The lowest BCUT2D eigenvalue weighted by molar-refractivity contribution is -0.235. The van der Waals surface area contributed by atoms with Crippen molar-refractivity contribution >= 4 is 5.97 Å². The van der Waals surface area contributed by atoms with Crippen LogP contribution in [-0.2, 0) is 9.47 Å². The Hall–Kier alpha value is -2.07. The zero-order valence-corrected chi connectivity index (χ0v) is 12.0. The maximum Gasteiger partial charge on any atom is 0.339 e. The van der Waals surface area contributed by atoms with E-state index in [4.69, 9.17) is 14.2 Å². The van der Waals surface area contributed by atoms with Gasteiger partial charge in [-0.2, -0.15) is 0 Å². The number of aliphatic hydroxyl groups is 3. The molecule has 2 aliphatic heterocycles. The molecule has 1 saturated heterocycles. The van der Waals surface area contributed by atoms with Crippen molar-refractivity contribution in [2.24, 2.45) is 0 Å². The number of rotatable bonds is 2. The molecule has 0 spiro atoms. The van der Waals surface area contributed by atoms with Crippen LogP contribution in [0, 0.1) is 0 Å². The van der Waals surface area contributed by atoms with E-state index in [1.165, 1.54) is 7.11 Å². The van der Waals surface area contributed by atoms with Crippen LogP contribution in [0.25, 0.3) is 0 Å². The van der Waals surface area contributed by atoms with Gasteiger partial charge in [-0.3, -0.25) is 0 Å². The molecule has 0 bridgehead atoms. The first-order valence-corrected chi connectivity index (χ1v) is 6.87. The molecule has 23 heavy (non-hydrogen) atoms. The number of phenolic OH excluding ortho intramolecular Hbond substituents is 2.